The number of nitrogens with two attached hydrogens (primary N) is 1. The van der Waals surface area contributed by atoms with Crippen LogP contribution >= 0.6 is 46.4 Å². The number of aliphatic hydroxyl groups is 1. The summed E-state index contributed by atoms with van der Waals surface area (Å²) in [5.41, 5.74) is 10.0. The average molecular weight is 1110 g/mol. The molecule has 2 unspecified atom stereocenters. The van der Waals surface area contributed by atoms with Crippen LogP contribution in [0.15, 0.2) is 97.1 Å². The van der Waals surface area contributed by atoms with Gasteiger partial charge in [0.1, 0.15) is 12.1 Å². The number of carbonyl (C=O) groups is 4. The number of amides is 4. The van der Waals surface area contributed by atoms with Gasteiger partial charge in [-0.05, 0) is 125 Å². The number of hydrogen-bond acceptors (Lipinski definition) is 9. The van der Waals surface area contributed by atoms with Crippen LogP contribution in [0, 0.1) is 5.92 Å². The van der Waals surface area contributed by atoms with Crippen molar-refractivity contribution in [3.63, 3.8) is 0 Å². The van der Waals surface area contributed by atoms with Gasteiger partial charge in [-0.2, -0.15) is 0 Å². The van der Waals surface area contributed by atoms with Gasteiger partial charge >= 0.3 is 0 Å². The van der Waals surface area contributed by atoms with Crippen LogP contribution in [0.25, 0.3) is 0 Å². The molecule has 17 heteroatoms. The maximum absolute atomic E-state index is 14.0. The molecule has 0 aromatic heterocycles. The summed E-state index contributed by atoms with van der Waals surface area (Å²) in [5.74, 6) is -0.286. The van der Waals surface area contributed by atoms with Crippen molar-refractivity contribution in [2.75, 3.05) is 39.4 Å². The molecule has 8 rings (SSSR count). The first kappa shape index (κ1) is 60.0. The highest BCUT2D eigenvalue weighted by Gasteiger charge is 2.47. The highest BCUT2D eigenvalue weighted by Crippen LogP contribution is 2.34. The number of nitrogens with zero attached hydrogens (tertiary/aromatic N) is 4. The molecule has 4 amide bonds. The summed E-state index contributed by atoms with van der Waals surface area (Å²) in [7, 11) is 0. The Morgan fingerprint density at radius 2 is 1.12 bits per heavy atom. The number of aliphatic hydroxyl groups excluding tert-OH is 1. The number of hydrogen-bond donors (Lipinski definition) is 4. The molecule has 13 nitrogen and oxygen atoms in total. The van der Waals surface area contributed by atoms with Gasteiger partial charge in [-0.3, -0.25) is 29.0 Å². The zero-order chi connectivity index (χ0) is 53.1. The minimum atomic E-state index is -0.961. The number of benzene rings is 4. The SMILES string of the molecule is C.C[C@@H]1C[C@H]2C(=O)N([C@H](COC(C)(C)C)C(=O)NCc3ccc(Cl)c(Cl)c3)CCC(CCc3ccccc3)N2C1.N[C@@H]1C[C@H]2C(=O)N([C@H](CO)C(=O)NCc3ccc(Cl)c(Cl)c3)CCC(CCc3ccccc3)N2C1. The minimum Gasteiger partial charge on any atom is -0.394 e. The number of rotatable bonds is 17. The van der Waals surface area contributed by atoms with Crippen molar-refractivity contribution in [2.24, 2.45) is 11.7 Å². The van der Waals surface area contributed by atoms with Gasteiger partial charge in [-0.25, -0.2) is 0 Å². The van der Waals surface area contributed by atoms with Crippen LogP contribution in [-0.4, -0.2) is 136 Å². The molecule has 4 aliphatic heterocycles. The van der Waals surface area contributed by atoms with Crippen LogP contribution in [0.4, 0.5) is 0 Å². The third-order valence-electron chi connectivity index (χ3n) is 14.7. The Morgan fingerprint density at radius 3 is 1.59 bits per heavy atom. The second-order valence-electron chi connectivity index (χ2n) is 21.3. The molecular weight excluding hydrogens is 1030 g/mol. The van der Waals surface area contributed by atoms with Gasteiger partial charge in [0.2, 0.25) is 23.6 Å². The second-order valence-corrected chi connectivity index (χ2v) is 23.0. The summed E-state index contributed by atoms with van der Waals surface area (Å²) in [5, 5.41) is 17.7. The molecule has 4 aromatic rings. The smallest absolute Gasteiger partial charge is 0.245 e. The molecule has 4 heterocycles. The number of carbonyl (C=O) groups excluding carboxylic acids is 4. The molecule has 0 bridgehead atoms. The first-order valence-electron chi connectivity index (χ1n) is 26.0. The summed E-state index contributed by atoms with van der Waals surface area (Å²) in [6, 6.07) is 29.4. The van der Waals surface area contributed by atoms with Gasteiger partial charge in [-0.1, -0.05) is 134 Å². The topological polar surface area (TPSA) is 161 Å². The molecule has 75 heavy (non-hydrogen) atoms. The van der Waals surface area contributed by atoms with E-state index in [0.717, 1.165) is 62.6 Å². The first-order valence-corrected chi connectivity index (χ1v) is 27.5. The summed E-state index contributed by atoms with van der Waals surface area (Å²) in [4.78, 5) is 62.2. The molecule has 8 atom stereocenters. The Kier molecular flexibility index (Phi) is 22.3. The normalized spacial score (nSPS) is 22.9. The molecule has 0 spiro atoms. The number of nitrogens with one attached hydrogen (secondary N) is 2. The number of aryl methyl sites for hydroxylation is 2. The number of fused-ring (bicyclic) bond motifs is 2. The second kappa shape index (κ2) is 27.9. The lowest BCUT2D eigenvalue weighted by Crippen LogP contribution is -2.55. The van der Waals surface area contributed by atoms with Crippen molar-refractivity contribution >= 4 is 70.0 Å². The fraction of sp³-hybridized carbons (Fsp3) is 0.517. The Balaban J connectivity index is 0.000000242. The predicted molar refractivity (Wildman–Crippen MR) is 301 cm³/mol. The molecule has 5 N–H and O–H groups in total. The lowest BCUT2D eigenvalue weighted by atomic mass is 10.0. The van der Waals surface area contributed by atoms with E-state index >= 15 is 0 Å². The summed E-state index contributed by atoms with van der Waals surface area (Å²) in [6.45, 7) is 10.8. The van der Waals surface area contributed by atoms with E-state index in [1.807, 2.05) is 51.1 Å². The number of ether oxygens (including phenoxy) is 1. The van der Waals surface area contributed by atoms with Crippen molar-refractivity contribution < 1.29 is 29.0 Å². The summed E-state index contributed by atoms with van der Waals surface area (Å²) in [6.07, 6.45) is 6.69. The van der Waals surface area contributed by atoms with Gasteiger partial charge in [-0.15, -0.1) is 0 Å². The van der Waals surface area contributed by atoms with Crippen molar-refractivity contribution in [3.8, 4) is 0 Å². The standard InChI is InChI=1S/C31H41Cl2N3O3.C26H32Cl2N4O3.CH4/c1-21-16-27-30(38)35(15-14-24(36(27)19-21)12-10-22-8-6-5-7-9-22)28(20-39-31(2,3)4)29(37)34-18-23-11-13-25(32)26(33)17-23;27-21-9-7-18(12-22(21)28)14-30-25(34)24(16-33)31-11-10-20(8-6-17-4-2-1-3-5-17)32-15-19(29)13-23(32)26(31)35;/h5-9,11,13,17,21,24,27-28H,10,12,14-16,18-20H2,1-4H3,(H,34,37);1-5,7,9,12,19-20,23-24,33H,6,8,10-11,13-16,29H2,(H,30,34);1H4/t21-,24?,27+,28-;19-,20?,23+,24-;/m11./s1. The molecule has 4 aliphatic rings. The lowest BCUT2D eigenvalue weighted by molar-refractivity contribution is -0.147. The Morgan fingerprint density at radius 1 is 0.667 bits per heavy atom. The molecule has 0 radical (unpaired) electrons. The largest absolute Gasteiger partial charge is 0.394 e. The van der Waals surface area contributed by atoms with Gasteiger partial charge in [0.25, 0.3) is 0 Å². The molecule has 4 aromatic carbocycles. The summed E-state index contributed by atoms with van der Waals surface area (Å²) >= 11 is 24.3. The van der Waals surface area contributed by atoms with E-state index in [-0.39, 0.29) is 75.1 Å². The maximum atomic E-state index is 14.0. The van der Waals surface area contributed by atoms with Crippen molar-refractivity contribution in [1.82, 2.24) is 30.2 Å². The zero-order valence-corrected chi connectivity index (χ0v) is 46.1. The third-order valence-corrected chi connectivity index (χ3v) is 16.2. The van der Waals surface area contributed by atoms with Crippen molar-refractivity contribution in [3.05, 3.63) is 139 Å². The third kappa shape index (κ3) is 16.4. The van der Waals surface area contributed by atoms with Crippen LogP contribution < -0.4 is 16.4 Å². The van der Waals surface area contributed by atoms with Crippen LogP contribution in [0.3, 0.4) is 0 Å². The van der Waals surface area contributed by atoms with Gasteiger partial charge in [0.05, 0.1) is 51.0 Å². The quantitative estimate of drug-likeness (QED) is 0.0810. The lowest BCUT2D eigenvalue weighted by Gasteiger charge is -2.34. The van der Waals surface area contributed by atoms with Gasteiger partial charge < -0.3 is 36.0 Å². The Labute approximate surface area is 464 Å². The van der Waals surface area contributed by atoms with Crippen molar-refractivity contribution in [2.45, 2.75) is 147 Å². The summed E-state index contributed by atoms with van der Waals surface area (Å²) < 4.78 is 6.10. The van der Waals surface area contributed by atoms with E-state index in [1.54, 1.807) is 40.1 Å². The highest BCUT2D eigenvalue weighted by atomic mass is 35.5. The minimum absolute atomic E-state index is 0. The maximum Gasteiger partial charge on any atom is 0.245 e. The van der Waals surface area contributed by atoms with E-state index in [1.165, 1.54) is 11.1 Å². The van der Waals surface area contributed by atoms with Crippen LogP contribution in [0.5, 0.6) is 0 Å². The van der Waals surface area contributed by atoms with E-state index in [2.05, 4.69) is 63.8 Å². The first-order chi connectivity index (χ1) is 35.4. The van der Waals surface area contributed by atoms with Crippen LogP contribution in [-0.2, 0) is 49.8 Å². The number of halogens is 4. The van der Waals surface area contributed by atoms with Crippen LogP contribution in [0.1, 0.15) is 95.9 Å². The molecule has 4 fully saturated rings. The predicted octanol–water partition coefficient (Wildman–Crippen LogP) is 8.98. The molecule has 0 saturated carbocycles. The van der Waals surface area contributed by atoms with Crippen LogP contribution in [0.2, 0.25) is 20.1 Å². The fourth-order valence-electron chi connectivity index (χ4n) is 10.8. The van der Waals surface area contributed by atoms with Gasteiger partial charge in [0, 0.05) is 57.4 Å². The fourth-order valence-corrected chi connectivity index (χ4v) is 11.5. The molecule has 408 valence electrons. The van der Waals surface area contributed by atoms with E-state index < -0.39 is 30.2 Å². The average Bonchev–Trinajstić information content (AvgIpc) is 3.91. The Bertz CT molecular complexity index is 2520. The van der Waals surface area contributed by atoms with Gasteiger partial charge in [0.15, 0.2) is 0 Å². The monoisotopic (exact) mass is 1110 g/mol. The molecule has 4 saturated heterocycles. The zero-order valence-electron chi connectivity index (χ0n) is 43.0. The van der Waals surface area contributed by atoms with E-state index in [4.69, 9.17) is 56.9 Å². The molecular formula is C58H77Cl4N7O6. The van der Waals surface area contributed by atoms with E-state index in [0.29, 0.717) is 52.1 Å². The highest BCUT2D eigenvalue weighted by molar-refractivity contribution is 6.42. The molecule has 0 aliphatic carbocycles. The van der Waals surface area contributed by atoms with Crippen molar-refractivity contribution in [1.29, 1.82) is 0 Å². The Hall–Kier alpha value is -4.28. The van der Waals surface area contributed by atoms with E-state index in [9.17, 15) is 24.3 Å².